The van der Waals surface area contributed by atoms with E-state index in [1.165, 1.54) is 67.8 Å². The quantitative estimate of drug-likeness (QED) is 0.175. The first-order chi connectivity index (χ1) is 15.5. The Labute approximate surface area is 212 Å². The summed E-state index contributed by atoms with van der Waals surface area (Å²) in [6.45, 7) is 9.90. The second-order valence-corrected chi connectivity index (χ2v) is 11.8. The first kappa shape index (κ1) is 29.8. The minimum Gasteiger partial charge on any atom is -0.496 e. The summed E-state index contributed by atoms with van der Waals surface area (Å²) >= 11 is 10.2. The molecule has 1 unspecified atom stereocenters. The van der Waals surface area contributed by atoms with E-state index in [2.05, 4.69) is 45.5 Å². The zero-order valence-corrected chi connectivity index (χ0v) is 23.6. The number of alkyl halides is 1. The number of methoxy groups -OCH3 is 1. The standard InChI is InChI=1S/C23H39ClO2S.C4H8S/c1-6-7-13-27-17-21-15-23(20(16-24)14-22(21)25-5)26-12-11-19(4)10-8-9-18(2)3;1-2-4-5-3-1/h14-15,18-19H,6-13,16-17H2,1-5H3;1-4H2. The van der Waals surface area contributed by atoms with Crippen LogP contribution in [0.5, 0.6) is 11.5 Å². The van der Waals surface area contributed by atoms with Crippen molar-refractivity contribution in [1.29, 1.82) is 0 Å². The van der Waals surface area contributed by atoms with Crippen LogP contribution in [0.25, 0.3) is 0 Å². The van der Waals surface area contributed by atoms with Crippen LogP contribution >= 0.6 is 35.1 Å². The molecule has 0 saturated carbocycles. The lowest BCUT2D eigenvalue weighted by atomic mass is 9.98. The Hall–Kier alpha value is -0.190. The number of thioether (sulfide) groups is 2. The van der Waals surface area contributed by atoms with Crippen LogP contribution < -0.4 is 9.47 Å². The Morgan fingerprint density at radius 2 is 1.72 bits per heavy atom. The third kappa shape index (κ3) is 13.5. The molecule has 2 nitrogen and oxygen atoms in total. The fourth-order valence-corrected chi connectivity index (χ4v) is 5.83. The lowest BCUT2D eigenvalue weighted by molar-refractivity contribution is 0.273. The van der Waals surface area contributed by atoms with Gasteiger partial charge in [0.05, 0.1) is 19.6 Å². The van der Waals surface area contributed by atoms with E-state index in [-0.39, 0.29) is 0 Å². The van der Waals surface area contributed by atoms with E-state index in [0.717, 1.165) is 41.8 Å². The van der Waals surface area contributed by atoms with E-state index in [1.54, 1.807) is 7.11 Å². The first-order valence-electron chi connectivity index (χ1n) is 12.6. The van der Waals surface area contributed by atoms with Gasteiger partial charge in [-0.25, -0.2) is 0 Å². The maximum Gasteiger partial charge on any atom is 0.124 e. The van der Waals surface area contributed by atoms with Crippen LogP contribution in [-0.2, 0) is 11.6 Å². The molecule has 32 heavy (non-hydrogen) atoms. The topological polar surface area (TPSA) is 18.5 Å². The fraction of sp³-hybridized carbons (Fsp3) is 0.778. The highest BCUT2D eigenvalue weighted by Gasteiger charge is 2.12. The van der Waals surface area contributed by atoms with Crippen molar-refractivity contribution in [3.63, 3.8) is 0 Å². The summed E-state index contributed by atoms with van der Waals surface area (Å²) in [4.78, 5) is 0. The van der Waals surface area contributed by atoms with Crippen LogP contribution in [-0.4, -0.2) is 31.0 Å². The highest BCUT2D eigenvalue weighted by atomic mass is 35.5. The molecule has 186 valence electrons. The van der Waals surface area contributed by atoms with Gasteiger partial charge in [-0.3, -0.25) is 0 Å². The number of halogens is 1. The molecular formula is C27H47ClO2S2. The number of unbranched alkanes of at least 4 members (excludes halogenated alkanes) is 1. The molecule has 0 bridgehead atoms. The van der Waals surface area contributed by atoms with Gasteiger partial charge in [0.2, 0.25) is 0 Å². The average Bonchev–Trinajstić information content (AvgIpc) is 3.37. The van der Waals surface area contributed by atoms with E-state index in [4.69, 9.17) is 21.1 Å². The molecule has 0 spiro atoms. The van der Waals surface area contributed by atoms with Gasteiger partial charge >= 0.3 is 0 Å². The van der Waals surface area contributed by atoms with Gasteiger partial charge in [0.15, 0.2) is 0 Å². The summed E-state index contributed by atoms with van der Waals surface area (Å²) in [5, 5.41) is 0. The summed E-state index contributed by atoms with van der Waals surface area (Å²) in [7, 11) is 1.73. The fourth-order valence-electron chi connectivity index (χ4n) is 3.51. The van der Waals surface area contributed by atoms with Crippen molar-refractivity contribution in [1.82, 2.24) is 0 Å². The Morgan fingerprint density at radius 3 is 2.28 bits per heavy atom. The Balaban J connectivity index is 0.000000894. The highest BCUT2D eigenvalue weighted by Crippen LogP contribution is 2.33. The van der Waals surface area contributed by atoms with Gasteiger partial charge in [0, 0.05) is 16.9 Å². The molecule has 1 atom stereocenters. The number of ether oxygens (including phenoxy) is 2. The zero-order chi connectivity index (χ0) is 23.6. The van der Waals surface area contributed by atoms with Gasteiger partial charge in [-0.1, -0.05) is 53.4 Å². The Bertz CT molecular complexity index is 584. The van der Waals surface area contributed by atoms with E-state index in [1.807, 2.05) is 17.8 Å². The number of hydrogen-bond donors (Lipinski definition) is 0. The second kappa shape index (κ2) is 19.2. The van der Waals surface area contributed by atoms with Crippen LogP contribution in [0.3, 0.4) is 0 Å². The second-order valence-electron chi connectivity index (χ2n) is 9.20. The van der Waals surface area contributed by atoms with E-state index in [0.29, 0.717) is 11.8 Å². The molecule has 1 saturated heterocycles. The van der Waals surface area contributed by atoms with E-state index >= 15 is 0 Å². The molecule has 2 rings (SSSR count). The minimum atomic E-state index is 0.443. The van der Waals surface area contributed by atoms with Crippen molar-refractivity contribution in [2.45, 2.75) is 90.7 Å². The number of hydrogen-bond acceptors (Lipinski definition) is 4. The van der Waals surface area contributed by atoms with Gasteiger partial charge < -0.3 is 9.47 Å². The van der Waals surface area contributed by atoms with Crippen molar-refractivity contribution in [3.8, 4) is 11.5 Å². The summed E-state index contributed by atoms with van der Waals surface area (Å²) in [6, 6.07) is 4.18. The largest absolute Gasteiger partial charge is 0.496 e. The van der Waals surface area contributed by atoms with Crippen LogP contribution in [0.4, 0.5) is 0 Å². The van der Waals surface area contributed by atoms with Crippen molar-refractivity contribution in [2.24, 2.45) is 11.8 Å². The van der Waals surface area contributed by atoms with Gasteiger partial charge in [-0.2, -0.15) is 23.5 Å². The van der Waals surface area contributed by atoms with Crippen molar-refractivity contribution >= 4 is 35.1 Å². The average molecular weight is 503 g/mol. The first-order valence-corrected chi connectivity index (χ1v) is 15.4. The molecule has 1 aliphatic rings. The summed E-state index contributed by atoms with van der Waals surface area (Å²) in [6.07, 6.45) is 10.4. The minimum absolute atomic E-state index is 0.443. The van der Waals surface area contributed by atoms with E-state index in [9.17, 15) is 0 Å². The summed E-state index contributed by atoms with van der Waals surface area (Å²) in [5.74, 6) is 8.75. The smallest absolute Gasteiger partial charge is 0.124 e. The molecule has 0 N–H and O–H groups in total. The molecule has 5 heteroatoms. The molecule has 1 aromatic carbocycles. The van der Waals surface area contributed by atoms with Crippen LogP contribution in [0.1, 0.15) is 90.2 Å². The van der Waals surface area contributed by atoms with Crippen molar-refractivity contribution < 1.29 is 9.47 Å². The summed E-state index contributed by atoms with van der Waals surface area (Å²) in [5.41, 5.74) is 2.22. The lowest BCUT2D eigenvalue weighted by Gasteiger charge is -2.17. The molecule has 0 amide bonds. The van der Waals surface area contributed by atoms with Gasteiger partial charge in [-0.05, 0) is 66.9 Å². The monoisotopic (exact) mass is 502 g/mol. The van der Waals surface area contributed by atoms with Gasteiger partial charge in [0.1, 0.15) is 11.5 Å². The molecule has 0 aromatic heterocycles. The van der Waals surface area contributed by atoms with Crippen LogP contribution in [0, 0.1) is 11.8 Å². The Kier molecular flexibility index (Phi) is 17.9. The number of benzene rings is 1. The molecule has 0 aliphatic carbocycles. The molecular weight excluding hydrogens is 456 g/mol. The maximum absolute atomic E-state index is 6.16. The van der Waals surface area contributed by atoms with Gasteiger partial charge in [0.25, 0.3) is 0 Å². The SMILES string of the molecule is C1CCSC1.CCCCSCc1cc(OCCC(C)CCCC(C)C)c(CCl)cc1OC. The maximum atomic E-state index is 6.16. The number of rotatable bonds is 15. The molecule has 1 aliphatic heterocycles. The molecule has 1 aromatic rings. The lowest BCUT2D eigenvalue weighted by Crippen LogP contribution is -2.06. The molecule has 1 fully saturated rings. The third-order valence-corrected chi connectivity index (χ3v) is 8.22. The predicted octanol–water partition coefficient (Wildman–Crippen LogP) is 9.21. The van der Waals surface area contributed by atoms with Crippen LogP contribution in [0.15, 0.2) is 12.1 Å². The highest BCUT2D eigenvalue weighted by molar-refractivity contribution is 7.99. The van der Waals surface area contributed by atoms with Crippen LogP contribution in [0.2, 0.25) is 0 Å². The zero-order valence-electron chi connectivity index (χ0n) is 21.2. The van der Waals surface area contributed by atoms with Crippen molar-refractivity contribution in [3.05, 3.63) is 23.3 Å². The Morgan fingerprint density at radius 1 is 1.00 bits per heavy atom. The van der Waals surface area contributed by atoms with E-state index < -0.39 is 0 Å². The molecule has 1 heterocycles. The summed E-state index contributed by atoms with van der Waals surface area (Å²) < 4.78 is 11.7. The predicted molar refractivity (Wildman–Crippen MR) is 148 cm³/mol. The van der Waals surface area contributed by atoms with Gasteiger partial charge in [-0.15, -0.1) is 11.6 Å². The molecule has 0 radical (unpaired) electrons. The normalized spacial score (nSPS) is 14.2. The van der Waals surface area contributed by atoms with Crippen molar-refractivity contribution in [2.75, 3.05) is 31.0 Å². The third-order valence-electron chi connectivity index (χ3n) is 5.68.